The molecule has 0 saturated carbocycles. The van der Waals surface area contributed by atoms with Crippen LogP contribution in [0.5, 0.6) is 23.0 Å². The summed E-state index contributed by atoms with van der Waals surface area (Å²) in [6.45, 7) is 4.48. The molecule has 2 aromatic carbocycles. The minimum absolute atomic E-state index is 0.0918. The third-order valence-corrected chi connectivity index (χ3v) is 4.10. The molecule has 6 nitrogen and oxygen atoms in total. The van der Waals surface area contributed by atoms with Crippen molar-refractivity contribution in [1.82, 2.24) is 4.90 Å². The van der Waals surface area contributed by atoms with E-state index in [9.17, 15) is 9.90 Å². The molecule has 0 spiro atoms. The molecule has 0 fully saturated rings. The molecule has 0 aliphatic heterocycles. The van der Waals surface area contributed by atoms with Crippen LogP contribution in [0.15, 0.2) is 45.6 Å². The minimum Gasteiger partial charge on any atom is -0.507 e. The molecule has 0 unspecified atom stereocenters. The molecule has 0 radical (unpaired) electrons. The summed E-state index contributed by atoms with van der Waals surface area (Å²) in [6, 6.07) is 10.2. The van der Waals surface area contributed by atoms with Gasteiger partial charge in [0.1, 0.15) is 17.1 Å². The van der Waals surface area contributed by atoms with E-state index in [0.717, 1.165) is 0 Å². The smallest absolute Gasteiger partial charge is 0.235 e. The van der Waals surface area contributed by atoms with Crippen LogP contribution in [0.3, 0.4) is 0 Å². The van der Waals surface area contributed by atoms with Crippen molar-refractivity contribution in [1.29, 1.82) is 0 Å². The number of aryl methyl sites for hydroxylation is 1. The van der Waals surface area contributed by atoms with E-state index in [1.165, 1.54) is 6.07 Å². The van der Waals surface area contributed by atoms with Crippen molar-refractivity contribution in [3.63, 3.8) is 0 Å². The molecule has 142 valence electrons. The van der Waals surface area contributed by atoms with Crippen LogP contribution in [0.2, 0.25) is 0 Å². The molecule has 0 amide bonds. The maximum absolute atomic E-state index is 13.1. The molecule has 6 heteroatoms. The van der Waals surface area contributed by atoms with E-state index < -0.39 is 0 Å². The van der Waals surface area contributed by atoms with Gasteiger partial charge in [0.05, 0.1) is 17.6 Å². The highest BCUT2D eigenvalue weighted by Gasteiger charge is 2.19. The predicted molar refractivity (Wildman–Crippen MR) is 104 cm³/mol. The Morgan fingerprint density at radius 2 is 1.81 bits per heavy atom. The maximum atomic E-state index is 13.1. The summed E-state index contributed by atoms with van der Waals surface area (Å²) >= 11 is 0. The molecule has 27 heavy (non-hydrogen) atoms. The lowest BCUT2D eigenvalue weighted by Crippen LogP contribution is -2.13. The Morgan fingerprint density at radius 3 is 2.48 bits per heavy atom. The van der Waals surface area contributed by atoms with Crippen molar-refractivity contribution in [2.24, 2.45) is 0 Å². The zero-order chi connectivity index (χ0) is 19.6. The second kappa shape index (κ2) is 7.72. The maximum Gasteiger partial charge on any atom is 0.235 e. The molecule has 1 heterocycles. The van der Waals surface area contributed by atoms with Gasteiger partial charge < -0.3 is 23.9 Å². The van der Waals surface area contributed by atoms with Gasteiger partial charge in [0.25, 0.3) is 0 Å². The van der Waals surface area contributed by atoms with Gasteiger partial charge in [-0.1, -0.05) is 12.1 Å². The summed E-state index contributed by atoms with van der Waals surface area (Å²) in [4.78, 5) is 14.9. The molecule has 3 rings (SSSR count). The van der Waals surface area contributed by atoms with Gasteiger partial charge in [0.15, 0.2) is 11.5 Å². The molecular formula is C21H23NO5. The highest BCUT2D eigenvalue weighted by molar-refractivity contribution is 5.83. The Hall–Kier alpha value is -2.99. The first-order valence-electron chi connectivity index (χ1n) is 8.75. The SMILES string of the molecule is CCOc1ccccc1Oc1c(C)oc2c(CN(C)C)c(O)ccc2c1=O. The van der Waals surface area contributed by atoms with E-state index in [-0.39, 0.29) is 16.9 Å². The third-order valence-electron chi connectivity index (χ3n) is 4.10. The summed E-state index contributed by atoms with van der Waals surface area (Å²) in [7, 11) is 3.76. The van der Waals surface area contributed by atoms with Crippen LogP contribution in [0, 0.1) is 6.92 Å². The Labute approximate surface area is 157 Å². The number of aromatic hydroxyl groups is 1. The summed E-state index contributed by atoms with van der Waals surface area (Å²) in [5.74, 6) is 1.54. The van der Waals surface area contributed by atoms with Crippen LogP contribution in [-0.4, -0.2) is 30.7 Å². The van der Waals surface area contributed by atoms with E-state index >= 15 is 0 Å². The first kappa shape index (κ1) is 18.8. The first-order chi connectivity index (χ1) is 12.9. The Balaban J connectivity index is 2.14. The standard InChI is InChI=1S/C21H23NO5/c1-5-25-17-8-6-7-9-18(17)27-20-13(2)26-21-14(19(20)24)10-11-16(23)15(21)12-22(3)4/h6-11,23H,5,12H2,1-4H3. The van der Waals surface area contributed by atoms with Crippen LogP contribution in [0.25, 0.3) is 11.0 Å². The Bertz CT molecular complexity index is 1020. The van der Waals surface area contributed by atoms with Gasteiger partial charge in [-0.2, -0.15) is 0 Å². The monoisotopic (exact) mass is 369 g/mol. The van der Waals surface area contributed by atoms with Crippen LogP contribution in [0.1, 0.15) is 18.2 Å². The lowest BCUT2D eigenvalue weighted by molar-refractivity contribution is 0.318. The third kappa shape index (κ3) is 3.75. The molecule has 0 saturated heterocycles. The van der Waals surface area contributed by atoms with Gasteiger partial charge in [0.2, 0.25) is 11.2 Å². The van der Waals surface area contributed by atoms with Crippen LogP contribution < -0.4 is 14.9 Å². The van der Waals surface area contributed by atoms with Crippen molar-refractivity contribution < 1.29 is 19.0 Å². The number of para-hydroxylation sites is 2. The van der Waals surface area contributed by atoms with E-state index in [4.69, 9.17) is 13.9 Å². The lowest BCUT2D eigenvalue weighted by Gasteiger charge is -2.15. The lowest BCUT2D eigenvalue weighted by atomic mass is 10.1. The largest absolute Gasteiger partial charge is 0.507 e. The van der Waals surface area contributed by atoms with E-state index in [0.29, 0.717) is 46.9 Å². The summed E-state index contributed by atoms with van der Waals surface area (Å²) in [5.41, 5.74) is 0.649. The van der Waals surface area contributed by atoms with E-state index in [1.807, 2.05) is 38.1 Å². The van der Waals surface area contributed by atoms with Crippen molar-refractivity contribution in [2.75, 3.05) is 20.7 Å². The van der Waals surface area contributed by atoms with Gasteiger partial charge in [-0.15, -0.1) is 0 Å². The van der Waals surface area contributed by atoms with Gasteiger partial charge >= 0.3 is 0 Å². The van der Waals surface area contributed by atoms with Gasteiger partial charge in [-0.3, -0.25) is 4.79 Å². The Kier molecular flexibility index (Phi) is 5.37. The Morgan fingerprint density at radius 1 is 1.11 bits per heavy atom. The minimum atomic E-state index is -0.292. The molecule has 0 aliphatic carbocycles. The number of benzene rings is 2. The zero-order valence-corrected chi connectivity index (χ0v) is 15.9. The second-order valence-electron chi connectivity index (χ2n) is 6.48. The number of phenols is 1. The molecule has 1 aromatic heterocycles. The molecule has 0 atom stereocenters. The van der Waals surface area contributed by atoms with E-state index in [1.54, 1.807) is 25.1 Å². The van der Waals surface area contributed by atoms with Gasteiger partial charge in [-0.25, -0.2) is 0 Å². The second-order valence-corrected chi connectivity index (χ2v) is 6.48. The highest BCUT2D eigenvalue weighted by atomic mass is 16.5. The molecule has 0 aliphatic rings. The number of hydrogen-bond donors (Lipinski definition) is 1. The molecule has 1 N–H and O–H groups in total. The fourth-order valence-electron chi connectivity index (χ4n) is 2.90. The van der Waals surface area contributed by atoms with Crippen molar-refractivity contribution >= 4 is 11.0 Å². The van der Waals surface area contributed by atoms with Gasteiger partial charge in [-0.05, 0) is 52.2 Å². The number of fused-ring (bicyclic) bond motifs is 1. The highest BCUT2D eigenvalue weighted by Crippen LogP contribution is 2.34. The van der Waals surface area contributed by atoms with Gasteiger partial charge in [0, 0.05) is 6.54 Å². The average Bonchev–Trinajstić information content (AvgIpc) is 2.62. The van der Waals surface area contributed by atoms with Crippen molar-refractivity contribution in [2.45, 2.75) is 20.4 Å². The summed E-state index contributed by atoms with van der Waals surface area (Å²) < 4.78 is 17.3. The van der Waals surface area contributed by atoms with Crippen molar-refractivity contribution in [3.05, 3.63) is 57.9 Å². The molecule has 3 aromatic rings. The van der Waals surface area contributed by atoms with E-state index in [2.05, 4.69) is 0 Å². The van der Waals surface area contributed by atoms with Crippen molar-refractivity contribution in [3.8, 4) is 23.0 Å². The van der Waals surface area contributed by atoms with Crippen LogP contribution in [-0.2, 0) is 6.54 Å². The first-order valence-corrected chi connectivity index (χ1v) is 8.75. The van der Waals surface area contributed by atoms with Crippen LogP contribution in [0.4, 0.5) is 0 Å². The number of phenolic OH excluding ortho intramolecular Hbond substituents is 1. The fraction of sp³-hybridized carbons (Fsp3) is 0.286. The quantitative estimate of drug-likeness (QED) is 0.706. The summed E-state index contributed by atoms with van der Waals surface area (Å²) in [6.07, 6.45) is 0. The van der Waals surface area contributed by atoms with Crippen LogP contribution >= 0.6 is 0 Å². The molecular weight excluding hydrogens is 346 g/mol. The fourth-order valence-corrected chi connectivity index (χ4v) is 2.90. The molecule has 0 bridgehead atoms. The average molecular weight is 369 g/mol. The number of ether oxygens (including phenoxy) is 2. The number of hydrogen-bond acceptors (Lipinski definition) is 6. The topological polar surface area (TPSA) is 72.1 Å². The number of nitrogens with zero attached hydrogens (tertiary/aromatic N) is 1. The summed E-state index contributed by atoms with van der Waals surface area (Å²) in [5, 5.41) is 10.6. The number of rotatable bonds is 6. The normalized spacial score (nSPS) is 11.1. The zero-order valence-electron chi connectivity index (χ0n) is 15.9. The predicted octanol–water partition coefficient (Wildman–Crippen LogP) is 4.06.